The van der Waals surface area contributed by atoms with Gasteiger partial charge in [0.15, 0.2) is 0 Å². The third kappa shape index (κ3) is 3.10. The van der Waals surface area contributed by atoms with Gasteiger partial charge < -0.3 is 9.64 Å². The van der Waals surface area contributed by atoms with E-state index in [2.05, 4.69) is 36.2 Å². The fraction of sp³-hybridized carbons (Fsp3) is 0.533. The molecule has 1 atom stereocenters. The van der Waals surface area contributed by atoms with Gasteiger partial charge in [0.05, 0.1) is 12.0 Å². The van der Waals surface area contributed by atoms with Crippen LogP contribution < -0.4 is 0 Å². The van der Waals surface area contributed by atoms with Crippen molar-refractivity contribution in [1.82, 2.24) is 4.90 Å². The summed E-state index contributed by atoms with van der Waals surface area (Å²) in [6.45, 7) is 4.43. The minimum absolute atomic E-state index is 0.0318. The molecule has 1 aromatic rings. The van der Waals surface area contributed by atoms with E-state index in [9.17, 15) is 4.79 Å². The molecule has 3 heteroatoms. The first kappa shape index (κ1) is 13.1. The van der Waals surface area contributed by atoms with Crippen molar-refractivity contribution in [1.29, 1.82) is 0 Å². The summed E-state index contributed by atoms with van der Waals surface area (Å²) < 4.78 is 5.06. The second-order valence-electron chi connectivity index (χ2n) is 5.42. The Morgan fingerprint density at radius 1 is 1.33 bits per heavy atom. The first-order chi connectivity index (χ1) is 8.60. The molecular formula is C15H21NO2. The highest BCUT2D eigenvalue weighted by Crippen LogP contribution is 2.33. The highest BCUT2D eigenvalue weighted by molar-refractivity contribution is 5.78. The van der Waals surface area contributed by atoms with Gasteiger partial charge in [-0.2, -0.15) is 0 Å². The highest BCUT2D eigenvalue weighted by atomic mass is 16.5. The Balaban J connectivity index is 1.82. The zero-order chi connectivity index (χ0) is 13.0. The van der Waals surface area contributed by atoms with Crippen LogP contribution in [0.25, 0.3) is 0 Å². The van der Waals surface area contributed by atoms with Crippen LogP contribution in [0.2, 0.25) is 0 Å². The molecule has 0 saturated carbocycles. The Morgan fingerprint density at radius 2 is 2.06 bits per heavy atom. The number of nitrogens with zero attached hydrogens (tertiary/aromatic N) is 1. The van der Waals surface area contributed by atoms with Crippen molar-refractivity contribution in [3.8, 4) is 0 Å². The summed E-state index contributed by atoms with van der Waals surface area (Å²) in [6, 6.07) is 10.4. The van der Waals surface area contributed by atoms with Gasteiger partial charge in [0, 0.05) is 6.54 Å². The largest absolute Gasteiger partial charge is 0.465 e. The van der Waals surface area contributed by atoms with Gasteiger partial charge in [-0.3, -0.25) is 4.79 Å². The van der Waals surface area contributed by atoms with Crippen LogP contribution in [-0.4, -0.2) is 31.1 Å². The molecule has 0 N–H and O–H groups in total. The SMILES string of the molecule is CN(CCC1(C)CCOC1=O)Cc1ccccc1. The van der Waals surface area contributed by atoms with Crippen LogP contribution in [0.5, 0.6) is 0 Å². The van der Waals surface area contributed by atoms with Crippen molar-refractivity contribution in [2.75, 3.05) is 20.2 Å². The molecule has 0 aliphatic carbocycles. The van der Waals surface area contributed by atoms with Crippen LogP contribution in [0.4, 0.5) is 0 Å². The van der Waals surface area contributed by atoms with Crippen LogP contribution in [0.3, 0.4) is 0 Å². The first-order valence-electron chi connectivity index (χ1n) is 6.50. The van der Waals surface area contributed by atoms with E-state index in [4.69, 9.17) is 4.74 Å². The Hall–Kier alpha value is -1.35. The molecule has 1 saturated heterocycles. The van der Waals surface area contributed by atoms with E-state index < -0.39 is 0 Å². The van der Waals surface area contributed by atoms with Gasteiger partial charge in [-0.1, -0.05) is 30.3 Å². The van der Waals surface area contributed by atoms with Crippen LogP contribution in [0.1, 0.15) is 25.3 Å². The van der Waals surface area contributed by atoms with Gasteiger partial charge >= 0.3 is 5.97 Å². The van der Waals surface area contributed by atoms with E-state index >= 15 is 0 Å². The number of ether oxygens (including phenoxy) is 1. The van der Waals surface area contributed by atoms with Gasteiger partial charge in [-0.15, -0.1) is 0 Å². The molecule has 0 aromatic heterocycles. The maximum atomic E-state index is 11.6. The molecule has 1 aromatic carbocycles. The van der Waals surface area contributed by atoms with Crippen molar-refractivity contribution >= 4 is 5.97 Å². The Labute approximate surface area is 109 Å². The van der Waals surface area contributed by atoms with E-state index in [-0.39, 0.29) is 11.4 Å². The van der Waals surface area contributed by atoms with Crippen LogP contribution in [-0.2, 0) is 16.1 Å². The highest BCUT2D eigenvalue weighted by Gasteiger charge is 2.39. The van der Waals surface area contributed by atoms with Crippen molar-refractivity contribution in [3.05, 3.63) is 35.9 Å². The predicted molar refractivity (Wildman–Crippen MR) is 71.1 cm³/mol. The number of carbonyl (C=O) groups is 1. The molecular weight excluding hydrogens is 226 g/mol. The number of hydrogen-bond acceptors (Lipinski definition) is 3. The lowest BCUT2D eigenvalue weighted by molar-refractivity contribution is -0.145. The second-order valence-corrected chi connectivity index (χ2v) is 5.42. The van der Waals surface area contributed by atoms with E-state index in [1.54, 1.807) is 0 Å². The van der Waals surface area contributed by atoms with Crippen LogP contribution in [0.15, 0.2) is 30.3 Å². The molecule has 1 aliphatic heterocycles. The number of esters is 1. The van der Waals surface area contributed by atoms with E-state index in [1.165, 1.54) is 5.56 Å². The number of rotatable bonds is 5. The minimum atomic E-state index is -0.273. The minimum Gasteiger partial charge on any atom is -0.465 e. The molecule has 1 unspecified atom stereocenters. The molecule has 0 amide bonds. The third-order valence-corrected chi connectivity index (χ3v) is 3.72. The van der Waals surface area contributed by atoms with Gasteiger partial charge in [0.25, 0.3) is 0 Å². The Morgan fingerprint density at radius 3 is 2.67 bits per heavy atom. The van der Waals surface area contributed by atoms with Crippen LogP contribution >= 0.6 is 0 Å². The predicted octanol–water partition coefficient (Wildman–Crippen LogP) is 2.46. The normalized spacial score (nSPS) is 23.4. The van der Waals surface area contributed by atoms with Gasteiger partial charge in [-0.25, -0.2) is 0 Å². The monoisotopic (exact) mass is 247 g/mol. The second kappa shape index (κ2) is 5.53. The maximum Gasteiger partial charge on any atom is 0.311 e. The molecule has 1 fully saturated rings. The molecule has 0 bridgehead atoms. The lowest BCUT2D eigenvalue weighted by atomic mass is 9.85. The summed E-state index contributed by atoms with van der Waals surface area (Å²) in [7, 11) is 2.09. The smallest absolute Gasteiger partial charge is 0.311 e. The average Bonchev–Trinajstić information content (AvgIpc) is 2.69. The van der Waals surface area contributed by atoms with Gasteiger partial charge in [0.2, 0.25) is 0 Å². The zero-order valence-corrected chi connectivity index (χ0v) is 11.2. The van der Waals surface area contributed by atoms with E-state index in [0.717, 1.165) is 25.9 Å². The molecule has 3 nitrogen and oxygen atoms in total. The molecule has 2 rings (SSSR count). The zero-order valence-electron chi connectivity index (χ0n) is 11.2. The average molecular weight is 247 g/mol. The lowest BCUT2D eigenvalue weighted by Crippen LogP contribution is -2.29. The summed E-state index contributed by atoms with van der Waals surface area (Å²) in [5.74, 6) is -0.0318. The molecule has 98 valence electrons. The summed E-state index contributed by atoms with van der Waals surface area (Å²) in [4.78, 5) is 13.9. The van der Waals surface area contributed by atoms with Gasteiger partial charge in [0.1, 0.15) is 0 Å². The number of benzene rings is 1. The van der Waals surface area contributed by atoms with Gasteiger partial charge in [-0.05, 0) is 38.9 Å². The Kier molecular flexibility index (Phi) is 4.02. The number of carbonyl (C=O) groups excluding carboxylic acids is 1. The quantitative estimate of drug-likeness (QED) is 0.749. The van der Waals surface area contributed by atoms with Crippen molar-refractivity contribution in [2.24, 2.45) is 5.41 Å². The number of cyclic esters (lactones) is 1. The molecule has 18 heavy (non-hydrogen) atoms. The Bertz CT molecular complexity index is 404. The molecule has 0 spiro atoms. The van der Waals surface area contributed by atoms with E-state index in [1.807, 2.05) is 13.0 Å². The molecule has 1 aliphatic rings. The van der Waals surface area contributed by atoms with Crippen molar-refractivity contribution < 1.29 is 9.53 Å². The maximum absolute atomic E-state index is 11.6. The fourth-order valence-corrected chi connectivity index (χ4v) is 2.28. The van der Waals surface area contributed by atoms with Crippen molar-refractivity contribution in [3.63, 3.8) is 0 Å². The summed E-state index contributed by atoms with van der Waals surface area (Å²) in [6.07, 6.45) is 1.72. The van der Waals surface area contributed by atoms with Crippen LogP contribution in [0, 0.1) is 5.41 Å². The lowest BCUT2D eigenvalue weighted by Gasteiger charge is -2.23. The van der Waals surface area contributed by atoms with E-state index in [0.29, 0.717) is 6.61 Å². The molecule has 0 radical (unpaired) electrons. The fourth-order valence-electron chi connectivity index (χ4n) is 2.28. The summed E-state index contributed by atoms with van der Waals surface area (Å²) in [5, 5.41) is 0. The number of hydrogen-bond donors (Lipinski definition) is 0. The first-order valence-corrected chi connectivity index (χ1v) is 6.50. The summed E-state index contributed by atoms with van der Waals surface area (Å²) >= 11 is 0. The topological polar surface area (TPSA) is 29.5 Å². The standard InChI is InChI=1S/C15H21NO2/c1-15(9-11-18-14(15)17)8-10-16(2)12-13-6-4-3-5-7-13/h3-7H,8-12H2,1-2H3. The third-order valence-electron chi connectivity index (χ3n) is 3.72. The summed E-state index contributed by atoms with van der Waals surface area (Å²) in [5.41, 5.74) is 1.03. The molecule has 1 heterocycles. The van der Waals surface area contributed by atoms with Crippen molar-refractivity contribution in [2.45, 2.75) is 26.3 Å².